The first-order valence-electron chi connectivity index (χ1n) is 9.01. The van der Waals surface area contributed by atoms with E-state index >= 15 is 0 Å². The Balaban J connectivity index is 1.58. The molecule has 0 spiro atoms. The number of hydrogen-bond acceptors (Lipinski definition) is 4. The Morgan fingerprint density at radius 3 is 2.46 bits per heavy atom. The van der Waals surface area contributed by atoms with Crippen LogP contribution in [0.2, 0.25) is 0 Å². The largest absolute Gasteiger partial charge is 0.477 e. The number of hydrogen-bond donors (Lipinski definition) is 0. The quantitative estimate of drug-likeness (QED) is 0.502. The molecule has 0 aliphatic rings. The van der Waals surface area contributed by atoms with E-state index in [-0.39, 0.29) is 6.61 Å². The van der Waals surface area contributed by atoms with Crippen molar-refractivity contribution in [2.75, 3.05) is 6.61 Å². The van der Waals surface area contributed by atoms with Crippen LogP contribution < -0.4 is 4.74 Å². The number of aryl methyl sites for hydroxylation is 1. The zero-order valence-corrected chi connectivity index (χ0v) is 15.3. The molecule has 4 rings (SSSR count). The highest BCUT2D eigenvalue weighted by Crippen LogP contribution is 2.23. The summed E-state index contributed by atoms with van der Waals surface area (Å²) >= 11 is 0. The summed E-state index contributed by atoms with van der Waals surface area (Å²) in [5.41, 5.74) is 3.38. The molecular weight excluding hydrogens is 362 g/mol. The van der Waals surface area contributed by atoms with Crippen LogP contribution in [0.1, 0.15) is 18.1 Å². The molecule has 2 aromatic heterocycles. The zero-order chi connectivity index (χ0) is 19.5. The van der Waals surface area contributed by atoms with E-state index in [0.717, 1.165) is 18.1 Å². The molecular formula is C21H18F2N4O. The fourth-order valence-corrected chi connectivity index (χ4v) is 2.97. The summed E-state index contributed by atoms with van der Waals surface area (Å²) in [5.74, 6) is -0.581. The predicted molar refractivity (Wildman–Crippen MR) is 101 cm³/mol. The van der Waals surface area contributed by atoms with Gasteiger partial charge in [0.05, 0.1) is 19.0 Å². The first-order valence-corrected chi connectivity index (χ1v) is 9.01. The van der Waals surface area contributed by atoms with E-state index in [1.165, 1.54) is 11.6 Å². The van der Waals surface area contributed by atoms with Crippen LogP contribution in [0.15, 0.2) is 54.9 Å². The van der Waals surface area contributed by atoms with E-state index in [0.29, 0.717) is 29.3 Å². The smallest absolute Gasteiger partial charge is 0.220 e. The second kappa shape index (κ2) is 7.72. The minimum absolute atomic E-state index is 0.276. The number of ether oxygens (including phenoxy) is 1. The molecule has 0 unspecified atom stereocenters. The van der Waals surface area contributed by atoms with Gasteiger partial charge in [-0.05, 0) is 29.7 Å². The molecule has 5 nitrogen and oxygen atoms in total. The SMILES string of the molecule is CCc1ccc(-c2nnc3cncc(OCCc4ccc(F)c(F)c4)n23)cc1. The fourth-order valence-electron chi connectivity index (χ4n) is 2.97. The van der Waals surface area contributed by atoms with Gasteiger partial charge in [0.15, 0.2) is 23.1 Å². The van der Waals surface area contributed by atoms with Gasteiger partial charge in [-0.3, -0.25) is 4.98 Å². The lowest BCUT2D eigenvalue weighted by atomic mass is 10.1. The molecule has 0 fully saturated rings. The summed E-state index contributed by atoms with van der Waals surface area (Å²) in [6.07, 6.45) is 4.59. The Kier molecular flexibility index (Phi) is 4.97. The van der Waals surface area contributed by atoms with Gasteiger partial charge in [0, 0.05) is 12.0 Å². The van der Waals surface area contributed by atoms with Crippen LogP contribution in [-0.2, 0) is 12.8 Å². The van der Waals surface area contributed by atoms with Crippen molar-refractivity contribution in [2.24, 2.45) is 0 Å². The highest BCUT2D eigenvalue weighted by Gasteiger charge is 2.13. The Morgan fingerprint density at radius 2 is 1.71 bits per heavy atom. The molecule has 0 aliphatic carbocycles. The Hall–Kier alpha value is -3.35. The summed E-state index contributed by atoms with van der Waals surface area (Å²) in [7, 11) is 0. The summed E-state index contributed by atoms with van der Waals surface area (Å²) in [5, 5.41) is 8.44. The normalized spacial score (nSPS) is 11.1. The van der Waals surface area contributed by atoms with Gasteiger partial charge in [-0.2, -0.15) is 0 Å². The summed E-state index contributed by atoms with van der Waals surface area (Å²) in [4.78, 5) is 4.14. The molecule has 4 aromatic rings. The van der Waals surface area contributed by atoms with Gasteiger partial charge < -0.3 is 4.74 Å². The van der Waals surface area contributed by atoms with Crippen LogP contribution in [0, 0.1) is 11.6 Å². The average molecular weight is 380 g/mol. The summed E-state index contributed by atoms with van der Waals surface area (Å²) in [6.45, 7) is 2.38. The predicted octanol–water partition coefficient (Wildman–Crippen LogP) is 4.25. The van der Waals surface area contributed by atoms with Crippen molar-refractivity contribution in [3.05, 3.63) is 77.6 Å². The number of benzene rings is 2. The van der Waals surface area contributed by atoms with Crippen LogP contribution in [0.4, 0.5) is 8.78 Å². The number of rotatable bonds is 6. The third-order valence-corrected chi connectivity index (χ3v) is 4.53. The number of halogens is 2. The average Bonchev–Trinajstić information content (AvgIpc) is 3.16. The highest BCUT2D eigenvalue weighted by molar-refractivity contribution is 5.60. The van der Waals surface area contributed by atoms with E-state index in [2.05, 4.69) is 34.2 Å². The van der Waals surface area contributed by atoms with Crippen LogP contribution in [0.25, 0.3) is 17.0 Å². The van der Waals surface area contributed by atoms with Gasteiger partial charge >= 0.3 is 0 Å². The molecule has 2 heterocycles. The third-order valence-electron chi connectivity index (χ3n) is 4.53. The lowest BCUT2D eigenvalue weighted by Gasteiger charge is -2.10. The lowest BCUT2D eigenvalue weighted by molar-refractivity contribution is 0.304. The van der Waals surface area contributed by atoms with Crippen LogP contribution >= 0.6 is 0 Å². The van der Waals surface area contributed by atoms with Crippen molar-refractivity contribution in [3.8, 4) is 17.3 Å². The minimum Gasteiger partial charge on any atom is -0.477 e. The van der Waals surface area contributed by atoms with Crippen molar-refractivity contribution in [1.82, 2.24) is 19.6 Å². The van der Waals surface area contributed by atoms with Gasteiger partial charge in [-0.1, -0.05) is 37.3 Å². The lowest BCUT2D eigenvalue weighted by Crippen LogP contribution is -2.06. The van der Waals surface area contributed by atoms with E-state index in [4.69, 9.17) is 4.74 Å². The molecule has 0 atom stereocenters. The molecule has 7 heteroatoms. The van der Waals surface area contributed by atoms with Crippen molar-refractivity contribution >= 4 is 5.65 Å². The maximum atomic E-state index is 13.3. The number of nitrogens with zero attached hydrogens (tertiary/aromatic N) is 4. The van der Waals surface area contributed by atoms with Gasteiger partial charge in [-0.25, -0.2) is 13.2 Å². The molecule has 0 saturated heterocycles. The molecule has 0 radical (unpaired) electrons. The second-order valence-electron chi connectivity index (χ2n) is 6.36. The molecule has 2 aromatic carbocycles. The van der Waals surface area contributed by atoms with E-state index in [1.807, 2.05) is 12.1 Å². The van der Waals surface area contributed by atoms with Crippen molar-refractivity contribution < 1.29 is 13.5 Å². The van der Waals surface area contributed by atoms with Crippen LogP contribution in [0.3, 0.4) is 0 Å². The molecule has 0 saturated carbocycles. The molecule has 0 N–H and O–H groups in total. The second-order valence-corrected chi connectivity index (χ2v) is 6.36. The third kappa shape index (κ3) is 3.55. The highest BCUT2D eigenvalue weighted by atomic mass is 19.2. The maximum absolute atomic E-state index is 13.3. The number of aromatic nitrogens is 4. The topological polar surface area (TPSA) is 52.3 Å². The first kappa shape index (κ1) is 18.0. The molecule has 28 heavy (non-hydrogen) atoms. The van der Waals surface area contributed by atoms with Crippen molar-refractivity contribution in [2.45, 2.75) is 19.8 Å². The van der Waals surface area contributed by atoms with Crippen molar-refractivity contribution in [3.63, 3.8) is 0 Å². The van der Waals surface area contributed by atoms with Gasteiger partial charge in [-0.15, -0.1) is 10.2 Å². The molecule has 0 amide bonds. The van der Waals surface area contributed by atoms with Gasteiger partial charge in [0.1, 0.15) is 0 Å². The maximum Gasteiger partial charge on any atom is 0.220 e. The van der Waals surface area contributed by atoms with Gasteiger partial charge in [0.25, 0.3) is 0 Å². The van der Waals surface area contributed by atoms with E-state index in [9.17, 15) is 8.78 Å². The van der Waals surface area contributed by atoms with Crippen molar-refractivity contribution in [1.29, 1.82) is 0 Å². The van der Waals surface area contributed by atoms with Crippen LogP contribution in [0.5, 0.6) is 5.88 Å². The van der Waals surface area contributed by atoms with Crippen LogP contribution in [-0.4, -0.2) is 26.2 Å². The Bertz CT molecular complexity index is 1110. The summed E-state index contributed by atoms with van der Waals surface area (Å²) in [6, 6.07) is 12.0. The Morgan fingerprint density at radius 1 is 0.929 bits per heavy atom. The molecule has 142 valence electrons. The fraction of sp³-hybridized carbons (Fsp3) is 0.190. The number of fused-ring (bicyclic) bond motifs is 1. The minimum atomic E-state index is -0.863. The van der Waals surface area contributed by atoms with E-state index < -0.39 is 11.6 Å². The summed E-state index contributed by atoms with van der Waals surface area (Å²) < 4.78 is 34.0. The monoisotopic (exact) mass is 380 g/mol. The zero-order valence-electron chi connectivity index (χ0n) is 15.3. The van der Waals surface area contributed by atoms with Gasteiger partial charge in [0.2, 0.25) is 5.88 Å². The molecule has 0 bridgehead atoms. The van der Waals surface area contributed by atoms with E-state index in [1.54, 1.807) is 22.9 Å². The Labute approximate surface area is 160 Å². The molecule has 0 aliphatic heterocycles. The standard InChI is InChI=1S/C21H18F2N4O/c1-2-14-3-6-16(7-4-14)21-26-25-19-12-24-13-20(27(19)21)28-10-9-15-5-8-17(22)18(23)11-15/h3-8,11-13H,2,9-10H2,1H3. The first-order chi connectivity index (χ1) is 13.7.